The van der Waals surface area contributed by atoms with Gasteiger partial charge in [-0.25, -0.2) is 0 Å². The summed E-state index contributed by atoms with van der Waals surface area (Å²) < 4.78 is 0. The third-order valence-corrected chi connectivity index (χ3v) is 4.55. The topological polar surface area (TPSA) is 37.3 Å². The van der Waals surface area contributed by atoms with Crippen molar-refractivity contribution in [3.05, 3.63) is 28.2 Å². The quantitative estimate of drug-likeness (QED) is 0.847. The summed E-state index contributed by atoms with van der Waals surface area (Å²) in [7, 11) is 0. The Morgan fingerprint density at radius 2 is 2.06 bits per heavy atom. The standard InChI is InChI=1S/C11H10Cl2O2S/c12-8-4-3-7(5-9(8)13)16-10(11(14)15)6-1-2-6/h3-6,10H,1-2H2,(H,14,15). The average molecular weight is 277 g/mol. The van der Waals surface area contributed by atoms with Gasteiger partial charge in [0.25, 0.3) is 0 Å². The Bertz CT molecular complexity index is 418. The number of thioether (sulfide) groups is 1. The molecule has 2 nitrogen and oxygen atoms in total. The van der Waals surface area contributed by atoms with Crippen LogP contribution in [0.25, 0.3) is 0 Å². The minimum Gasteiger partial charge on any atom is -0.480 e. The Hall–Kier alpha value is -0.380. The molecule has 0 bridgehead atoms. The summed E-state index contributed by atoms with van der Waals surface area (Å²) in [4.78, 5) is 11.9. The number of carboxylic acid groups (broad SMARTS) is 1. The Kier molecular flexibility index (Phi) is 3.67. The van der Waals surface area contributed by atoms with E-state index in [1.165, 1.54) is 11.8 Å². The van der Waals surface area contributed by atoms with E-state index < -0.39 is 5.97 Å². The molecule has 0 amide bonds. The zero-order valence-corrected chi connectivity index (χ0v) is 10.6. The normalized spacial score (nSPS) is 17.1. The average Bonchev–Trinajstić information content (AvgIpc) is 3.03. The van der Waals surface area contributed by atoms with Crippen LogP contribution in [0, 0.1) is 5.92 Å². The predicted molar refractivity (Wildman–Crippen MR) is 66.5 cm³/mol. The van der Waals surface area contributed by atoms with Crippen molar-refractivity contribution >= 4 is 40.9 Å². The van der Waals surface area contributed by atoms with Crippen LogP contribution in [0.2, 0.25) is 10.0 Å². The lowest BCUT2D eigenvalue weighted by Crippen LogP contribution is -2.18. The molecule has 0 aliphatic heterocycles. The first-order valence-corrected chi connectivity index (χ1v) is 6.56. The van der Waals surface area contributed by atoms with Crippen LogP contribution in [-0.2, 0) is 4.79 Å². The van der Waals surface area contributed by atoms with E-state index in [2.05, 4.69) is 0 Å². The van der Waals surface area contributed by atoms with E-state index in [1.807, 2.05) is 0 Å². The van der Waals surface area contributed by atoms with Crippen LogP contribution >= 0.6 is 35.0 Å². The van der Waals surface area contributed by atoms with Gasteiger partial charge in [0.15, 0.2) is 0 Å². The molecule has 0 saturated heterocycles. The van der Waals surface area contributed by atoms with Gasteiger partial charge in [-0.15, -0.1) is 11.8 Å². The smallest absolute Gasteiger partial charge is 0.317 e. The zero-order chi connectivity index (χ0) is 11.7. The summed E-state index contributed by atoms with van der Waals surface area (Å²) >= 11 is 13.0. The summed E-state index contributed by atoms with van der Waals surface area (Å²) in [6.07, 6.45) is 2.01. The molecule has 16 heavy (non-hydrogen) atoms. The van der Waals surface area contributed by atoms with Gasteiger partial charge in [-0.2, -0.15) is 0 Å². The molecular weight excluding hydrogens is 267 g/mol. The van der Waals surface area contributed by atoms with Gasteiger partial charge >= 0.3 is 5.97 Å². The summed E-state index contributed by atoms with van der Waals surface area (Å²) in [6.45, 7) is 0. The van der Waals surface area contributed by atoms with Crippen LogP contribution < -0.4 is 0 Å². The zero-order valence-electron chi connectivity index (χ0n) is 8.32. The van der Waals surface area contributed by atoms with E-state index in [4.69, 9.17) is 28.3 Å². The van der Waals surface area contributed by atoms with Gasteiger partial charge in [0.2, 0.25) is 0 Å². The number of carbonyl (C=O) groups is 1. The van der Waals surface area contributed by atoms with Crippen LogP contribution in [0.1, 0.15) is 12.8 Å². The SMILES string of the molecule is O=C(O)C(Sc1ccc(Cl)c(Cl)c1)C1CC1. The lowest BCUT2D eigenvalue weighted by molar-refractivity contribution is -0.136. The highest BCUT2D eigenvalue weighted by molar-refractivity contribution is 8.00. The van der Waals surface area contributed by atoms with Crippen molar-refractivity contribution in [3.63, 3.8) is 0 Å². The molecule has 1 unspecified atom stereocenters. The summed E-state index contributed by atoms with van der Waals surface area (Å²) in [6, 6.07) is 5.21. The van der Waals surface area contributed by atoms with Crippen LogP contribution in [0.3, 0.4) is 0 Å². The molecule has 0 spiro atoms. The van der Waals surface area contributed by atoms with Crippen molar-refractivity contribution in [3.8, 4) is 0 Å². The molecule has 1 N–H and O–H groups in total. The second-order valence-electron chi connectivity index (χ2n) is 3.79. The van der Waals surface area contributed by atoms with Crippen LogP contribution in [0.4, 0.5) is 0 Å². The van der Waals surface area contributed by atoms with Crippen LogP contribution in [-0.4, -0.2) is 16.3 Å². The highest BCUT2D eigenvalue weighted by atomic mass is 35.5. The van der Waals surface area contributed by atoms with E-state index >= 15 is 0 Å². The van der Waals surface area contributed by atoms with E-state index in [-0.39, 0.29) is 5.25 Å². The van der Waals surface area contributed by atoms with E-state index in [0.717, 1.165) is 17.7 Å². The van der Waals surface area contributed by atoms with Gasteiger partial charge in [0.05, 0.1) is 10.0 Å². The Morgan fingerprint density at radius 1 is 1.38 bits per heavy atom. The van der Waals surface area contributed by atoms with Crippen molar-refractivity contribution in [2.75, 3.05) is 0 Å². The number of rotatable bonds is 4. The number of hydrogen-bond acceptors (Lipinski definition) is 2. The minimum absolute atomic E-state index is 0.303. The fourth-order valence-corrected chi connectivity index (χ4v) is 3.00. The first kappa shape index (κ1) is 12.1. The number of halogens is 2. The maximum Gasteiger partial charge on any atom is 0.317 e. The van der Waals surface area contributed by atoms with Gasteiger partial charge in [-0.3, -0.25) is 4.79 Å². The van der Waals surface area contributed by atoms with Gasteiger partial charge < -0.3 is 5.11 Å². The number of aliphatic carboxylic acids is 1. The summed E-state index contributed by atoms with van der Waals surface area (Å²) in [5, 5.41) is 9.68. The third-order valence-electron chi connectivity index (χ3n) is 2.45. The fourth-order valence-electron chi connectivity index (χ4n) is 1.44. The van der Waals surface area contributed by atoms with Gasteiger partial charge in [0, 0.05) is 4.90 Å². The maximum atomic E-state index is 11.1. The molecule has 1 fully saturated rings. The second-order valence-corrected chi connectivity index (χ2v) is 5.82. The van der Waals surface area contributed by atoms with Gasteiger partial charge in [-0.05, 0) is 37.0 Å². The second kappa shape index (κ2) is 4.86. The number of benzene rings is 1. The Morgan fingerprint density at radius 3 is 2.56 bits per heavy atom. The lowest BCUT2D eigenvalue weighted by atomic mass is 10.3. The summed E-state index contributed by atoms with van der Waals surface area (Å²) in [5.41, 5.74) is 0. The molecule has 0 aromatic heterocycles. The van der Waals surface area contributed by atoms with Crippen molar-refractivity contribution in [2.24, 2.45) is 5.92 Å². The van der Waals surface area contributed by atoms with Gasteiger partial charge in [-0.1, -0.05) is 23.2 Å². The highest BCUT2D eigenvalue weighted by Gasteiger charge is 2.36. The molecule has 1 aliphatic carbocycles. The molecule has 5 heteroatoms. The number of carboxylic acids is 1. The maximum absolute atomic E-state index is 11.1. The predicted octanol–water partition coefficient (Wildman–Crippen LogP) is 3.95. The molecule has 1 atom stereocenters. The van der Waals surface area contributed by atoms with Crippen molar-refractivity contribution < 1.29 is 9.90 Å². The molecule has 1 saturated carbocycles. The molecular formula is C11H10Cl2O2S. The molecule has 2 rings (SSSR count). The molecule has 1 aromatic carbocycles. The van der Waals surface area contributed by atoms with Crippen molar-refractivity contribution in [1.82, 2.24) is 0 Å². The first-order valence-electron chi connectivity index (χ1n) is 4.92. The lowest BCUT2D eigenvalue weighted by Gasteiger charge is -2.10. The van der Waals surface area contributed by atoms with Crippen LogP contribution in [0.5, 0.6) is 0 Å². The van der Waals surface area contributed by atoms with E-state index in [1.54, 1.807) is 18.2 Å². The fraction of sp³-hybridized carbons (Fsp3) is 0.364. The molecule has 1 aromatic rings. The first-order chi connectivity index (χ1) is 7.58. The highest BCUT2D eigenvalue weighted by Crippen LogP contribution is 2.42. The molecule has 86 valence electrons. The third kappa shape index (κ3) is 2.84. The van der Waals surface area contributed by atoms with Crippen molar-refractivity contribution in [2.45, 2.75) is 23.0 Å². The van der Waals surface area contributed by atoms with Crippen molar-refractivity contribution in [1.29, 1.82) is 0 Å². The van der Waals surface area contributed by atoms with E-state index in [0.29, 0.717) is 16.0 Å². The molecule has 1 aliphatic rings. The van der Waals surface area contributed by atoms with Crippen LogP contribution in [0.15, 0.2) is 23.1 Å². The Labute approximate surface area is 108 Å². The number of hydrogen-bond donors (Lipinski definition) is 1. The summed E-state index contributed by atoms with van der Waals surface area (Å²) in [5.74, 6) is -0.449. The Balaban J connectivity index is 2.12. The molecule has 0 radical (unpaired) electrons. The van der Waals surface area contributed by atoms with E-state index in [9.17, 15) is 4.79 Å². The molecule has 0 heterocycles. The van der Waals surface area contributed by atoms with Gasteiger partial charge in [0.1, 0.15) is 5.25 Å². The largest absolute Gasteiger partial charge is 0.480 e. The monoisotopic (exact) mass is 276 g/mol. The minimum atomic E-state index is -0.751.